The third kappa shape index (κ3) is 2.02. The van der Waals surface area contributed by atoms with Crippen LogP contribution in [0.25, 0.3) is 11.0 Å². The Morgan fingerprint density at radius 2 is 1.44 bits per heavy atom. The molecule has 1 aromatic carbocycles. The molecule has 2 fully saturated rings. The lowest BCUT2D eigenvalue weighted by Gasteiger charge is -2.20. The molecule has 6 amide bonds. The number of hydrogen-bond acceptors (Lipinski definition) is 5. The van der Waals surface area contributed by atoms with Gasteiger partial charge in [0.2, 0.25) is 0 Å². The first-order valence-corrected chi connectivity index (χ1v) is 7.54. The van der Waals surface area contributed by atoms with Crippen LogP contribution < -0.4 is 21.3 Å². The number of hydrogen-bond donors (Lipinski definition) is 4. The summed E-state index contributed by atoms with van der Waals surface area (Å²) in [6.07, 6.45) is 0. The number of amides is 6. The van der Waals surface area contributed by atoms with Crippen molar-refractivity contribution in [3.63, 3.8) is 0 Å². The second kappa shape index (κ2) is 4.59. The van der Waals surface area contributed by atoms with E-state index in [1.807, 2.05) is 0 Å². The summed E-state index contributed by atoms with van der Waals surface area (Å²) in [6.45, 7) is 3.13. The predicted octanol–water partition coefficient (Wildman–Crippen LogP) is 0.542. The van der Waals surface area contributed by atoms with Crippen LogP contribution in [0.3, 0.4) is 0 Å². The maximum Gasteiger partial charge on any atom is 0.322 e. The summed E-state index contributed by atoms with van der Waals surface area (Å²) in [4.78, 5) is 47.0. The summed E-state index contributed by atoms with van der Waals surface area (Å²) in [6, 6.07) is 5.54. The number of rotatable bonds is 2. The van der Waals surface area contributed by atoms with Crippen LogP contribution in [0.4, 0.5) is 9.59 Å². The van der Waals surface area contributed by atoms with Gasteiger partial charge < -0.3 is 15.1 Å². The van der Waals surface area contributed by atoms with E-state index in [1.165, 1.54) is 6.92 Å². The van der Waals surface area contributed by atoms with Crippen molar-refractivity contribution in [3.05, 3.63) is 35.6 Å². The lowest BCUT2D eigenvalue weighted by Crippen LogP contribution is -2.40. The zero-order valence-corrected chi connectivity index (χ0v) is 13.4. The first-order valence-electron chi connectivity index (χ1n) is 7.54. The predicted molar refractivity (Wildman–Crippen MR) is 84.3 cm³/mol. The van der Waals surface area contributed by atoms with Gasteiger partial charge in [0.1, 0.15) is 16.9 Å². The van der Waals surface area contributed by atoms with Crippen LogP contribution in [0, 0.1) is 0 Å². The smallest absolute Gasteiger partial charge is 0.322 e. The monoisotopic (exact) mass is 342 g/mol. The third-order valence-electron chi connectivity index (χ3n) is 4.68. The van der Waals surface area contributed by atoms with Crippen LogP contribution in [0.5, 0.6) is 0 Å². The van der Waals surface area contributed by atoms with Gasteiger partial charge in [-0.05, 0) is 31.5 Å². The Hall–Kier alpha value is -3.36. The molecule has 25 heavy (non-hydrogen) atoms. The first kappa shape index (κ1) is 15.2. The molecule has 0 radical (unpaired) electrons. The lowest BCUT2D eigenvalue weighted by molar-refractivity contribution is -0.124. The van der Waals surface area contributed by atoms with Crippen molar-refractivity contribution in [2.45, 2.75) is 24.9 Å². The third-order valence-corrected chi connectivity index (χ3v) is 4.68. The summed E-state index contributed by atoms with van der Waals surface area (Å²) >= 11 is 0. The maximum absolute atomic E-state index is 12.1. The highest BCUT2D eigenvalue weighted by Crippen LogP contribution is 2.33. The quantitative estimate of drug-likeness (QED) is 0.592. The van der Waals surface area contributed by atoms with Crippen LogP contribution in [0.15, 0.2) is 28.7 Å². The van der Waals surface area contributed by atoms with Crippen molar-refractivity contribution >= 4 is 34.8 Å². The summed E-state index contributed by atoms with van der Waals surface area (Å²) in [7, 11) is 0. The Kier molecular flexibility index (Phi) is 2.79. The molecule has 0 saturated carbocycles. The Bertz CT molecular complexity index is 940. The van der Waals surface area contributed by atoms with Crippen molar-refractivity contribution in [1.29, 1.82) is 0 Å². The van der Waals surface area contributed by atoms with Gasteiger partial charge in [-0.3, -0.25) is 20.2 Å². The van der Waals surface area contributed by atoms with Crippen molar-refractivity contribution < 1.29 is 23.6 Å². The lowest BCUT2D eigenvalue weighted by atomic mass is 9.92. The van der Waals surface area contributed by atoms with Gasteiger partial charge in [-0.2, -0.15) is 0 Å². The first-order chi connectivity index (χ1) is 11.7. The molecule has 2 atom stereocenters. The highest BCUT2D eigenvalue weighted by molar-refractivity contribution is 6.08. The van der Waals surface area contributed by atoms with E-state index < -0.39 is 35.0 Å². The normalized spacial score (nSPS) is 28.7. The Balaban J connectivity index is 1.78. The van der Waals surface area contributed by atoms with Crippen LogP contribution in [0.1, 0.15) is 25.2 Å². The summed E-state index contributed by atoms with van der Waals surface area (Å²) in [5, 5.41) is 10.2. The van der Waals surface area contributed by atoms with Crippen molar-refractivity contribution in [1.82, 2.24) is 21.3 Å². The number of nitrogens with one attached hydrogen (secondary N) is 4. The summed E-state index contributed by atoms with van der Waals surface area (Å²) in [5.41, 5.74) is -1.55. The van der Waals surface area contributed by atoms with E-state index in [0.717, 1.165) is 0 Å². The molecule has 2 aromatic rings. The molecule has 2 saturated heterocycles. The van der Waals surface area contributed by atoms with Gasteiger partial charge in [0.15, 0.2) is 5.54 Å². The second-order valence-electron chi connectivity index (χ2n) is 6.43. The van der Waals surface area contributed by atoms with Crippen LogP contribution >= 0.6 is 0 Å². The summed E-state index contributed by atoms with van der Waals surface area (Å²) in [5.74, 6) is -0.697. The minimum atomic E-state index is -1.31. The largest absolute Gasteiger partial charge is 0.458 e. The molecule has 9 nitrogen and oxygen atoms in total. The van der Waals surface area contributed by atoms with Gasteiger partial charge in [-0.15, -0.1) is 0 Å². The fraction of sp³-hybridized carbons (Fsp3) is 0.250. The number of furan rings is 1. The zero-order chi connectivity index (χ0) is 18.0. The summed E-state index contributed by atoms with van der Waals surface area (Å²) < 4.78 is 5.76. The van der Waals surface area contributed by atoms with E-state index in [-0.39, 0.29) is 5.76 Å². The topological polar surface area (TPSA) is 130 Å². The SMILES string of the molecule is CC1(c2ccc3cc(C4(C)NC(=O)NC4=O)oc3c2)NC(=O)NC1=O. The number of fused-ring (bicyclic) bond motifs is 1. The minimum Gasteiger partial charge on any atom is -0.458 e. The molecule has 3 heterocycles. The van der Waals surface area contributed by atoms with E-state index in [0.29, 0.717) is 16.5 Å². The van der Waals surface area contributed by atoms with Gasteiger partial charge in [-0.25, -0.2) is 9.59 Å². The van der Waals surface area contributed by atoms with Crippen LogP contribution in [-0.4, -0.2) is 23.9 Å². The Morgan fingerprint density at radius 1 is 0.840 bits per heavy atom. The maximum atomic E-state index is 12.1. The number of carbonyl (C=O) groups is 4. The highest BCUT2D eigenvalue weighted by Gasteiger charge is 2.47. The fourth-order valence-electron chi connectivity index (χ4n) is 3.05. The number of carbonyl (C=O) groups excluding carboxylic acids is 4. The van der Waals surface area contributed by atoms with Crippen molar-refractivity contribution in [2.75, 3.05) is 0 Å². The number of urea groups is 2. The molecular weight excluding hydrogens is 328 g/mol. The molecule has 1 aromatic heterocycles. The molecule has 0 spiro atoms. The molecule has 2 unspecified atom stereocenters. The molecular formula is C16H14N4O5. The average Bonchev–Trinajstić information content (AvgIpc) is 3.15. The minimum absolute atomic E-state index is 0.271. The van der Waals surface area contributed by atoms with Gasteiger partial charge in [0.05, 0.1) is 0 Å². The molecule has 4 rings (SSSR count). The van der Waals surface area contributed by atoms with E-state index in [2.05, 4.69) is 21.3 Å². The molecule has 2 aliphatic rings. The van der Waals surface area contributed by atoms with E-state index in [9.17, 15) is 19.2 Å². The second-order valence-corrected chi connectivity index (χ2v) is 6.43. The molecule has 2 aliphatic heterocycles. The van der Waals surface area contributed by atoms with E-state index in [1.54, 1.807) is 31.2 Å². The molecule has 0 bridgehead atoms. The standard InChI is InChI=1S/C16H14N4O5/c1-15(11(21)17-13(23)19-15)8-4-3-7-5-10(25-9(7)6-8)16(2)12(22)18-14(24)20-16/h3-6H,1-2H3,(H2,17,19,21,23)(H2,18,20,22,24). The highest BCUT2D eigenvalue weighted by atomic mass is 16.3. The van der Waals surface area contributed by atoms with Gasteiger partial charge in [-0.1, -0.05) is 12.1 Å². The Labute approximate surface area is 141 Å². The molecule has 9 heteroatoms. The number of imide groups is 2. The Morgan fingerprint density at radius 3 is 2.00 bits per heavy atom. The molecule has 4 N–H and O–H groups in total. The van der Waals surface area contributed by atoms with Crippen LogP contribution in [0.2, 0.25) is 0 Å². The van der Waals surface area contributed by atoms with Crippen molar-refractivity contribution in [3.8, 4) is 0 Å². The molecule has 0 aliphatic carbocycles. The zero-order valence-electron chi connectivity index (χ0n) is 13.4. The van der Waals surface area contributed by atoms with Gasteiger partial charge in [0, 0.05) is 5.39 Å². The average molecular weight is 342 g/mol. The number of benzene rings is 1. The van der Waals surface area contributed by atoms with Gasteiger partial charge >= 0.3 is 12.1 Å². The van der Waals surface area contributed by atoms with Gasteiger partial charge in [0.25, 0.3) is 11.8 Å². The van der Waals surface area contributed by atoms with E-state index >= 15 is 0 Å². The van der Waals surface area contributed by atoms with Crippen LogP contribution in [-0.2, 0) is 20.7 Å². The molecule has 128 valence electrons. The fourth-order valence-corrected chi connectivity index (χ4v) is 3.05. The van der Waals surface area contributed by atoms with E-state index in [4.69, 9.17) is 4.42 Å². The van der Waals surface area contributed by atoms with Crippen molar-refractivity contribution in [2.24, 2.45) is 0 Å².